The van der Waals surface area contributed by atoms with Crippen molar-refractivity contribution in [2.24, 2.45) is 0 Å². The zero-order chi connectivity index (χ0) is 20.8. The minimum atomic E-state index is -0.647. The van der Waals surface area contributed by atoms with Gasteiger partial charge in [0.05, 0.1) is 5.69 Å². The summed E-state index contributed by atoms with van der Waals surface area (Å²) in [6.45, 7) is 0.943. The van der Waals surface area contributed by atoms with Crippen molar-refractivity contribution in [2.75, 3.05) is 25.0 Å². The molecule has 2 aromatic rings. The first-order valence-corrected chi connectivity index (χ1v) is 9.92. The van der Waals surface area contributed by atoms with Gasteiger partial charge in [-0.1, -0.05) is 12.1 Å². The molecule has 0 fully saturated rings. The van der Waals surface area contributed by atoms with Crippen LogP contribution in [0.1, 0.15) is 22.8 Å². The predicted molar refractivity (Wildman–Crippen MR) is 109 cm³/mol. The van der Waals surface area contributed by atoms with Crippen LogP contribution in [-0.2, 0) is 14.3 Å². The zero-order valence-corrected chi connectivity index (χ0v) is 16.7. The molecule has 1 aliphatic heterocycles. The summed E-state index contributed by atoms with van der Waals surface area (Å²) in [6.07, 6.45) is 4.84. The molecule has 150 valence electrons. The van der Waals surface area contributed by atoms with E-state index in [1.54, 1.807) is 17.8 Å². The Morgan fingerprint density at radius 2 is 1.83 bits per heavy atom. The van der Waals surface area contributed by atoms with Crippen LogP contribution >= 0.6 is 11.8 Å². The van der Waals surface area contributed by atoms with Gasteiger partial charge in [-0.2, -0.15) is 0 Å². The quantitative estimate of drug-likeness (QED) is 0.321. The summed E-state index contributed by atoms with van der Waals surface area (Å²) >= 11 is 1.63. The third-order valence-electron chi connectivity index (χ3n) is 4.04. The van der Waals surface area contributed by atoms with Gasteiger partial charge in [0.1, 0.15) is 0 Å². The van der Waals surface area contributed by atoms with Gasteiger partial charge in [-0.15, -0.1) is 11.8 Å². The molecule has 0 unspecified atom stereocenters. The van der Waals surface area contributed by atoms with Crippen LogP contribution < -0.4 is 14.8 Å². The minimum absolute atomic E-state index is 0.0496. The maximum atomic E-state index is 12.1. The maximum absolute atomic E-state index is 12.1. The van der Waals surface area contributed by atoms with Crippen LogP contribution in [0.5, 0.6) is 11.5 Å². The molecule has 1 N–H and O–H groups in total. The van der Waals surface area contributed by atoms with E-state index in [1.807, 2.05) is 30.5 Å². The normalized spacial score (nSPS) is 12.1. The van der Waals surface area contributed by atoms with E-state index in [4.69, 9.17) is 14.2 Å². The van der Waals surface area contributed by atoms with Gasteiger partial charge in [-0.05, 0) is 43.0 Å². The van der Waals surface area contributed by atoms with Crippen LogP contribution in [0.2, 0.25) is 0 Å². The fraction of sp³-hybridized carbons (Fsp3) is 0.190. The lowest BCUT2D eigenvalue weighted by molar-refractivity contribution is -0.142. The van der Waals surface area contributed by atoms with Crippen LogP contribution in [0.4, 0.5) is 5.69 Å². The molecular formula is C21H19NO6S. The molecule has 0 aromatic heterocycles. The Labute approximate surface area is 172 Å². The smallest absolute Gasteiger partial charge is 0.331 e. The van der Waals surface area contributed by atoms with E-state index in [9.17, 15) is 14.4 Å². The number of carbonyl (C=O) groups excluding carboxylic acids is 3. The number of carbonyl (C=O) groups is 3. The number of anilines is 1. The first-order valence-electron chi connectivity index (χ1n) is 8.69. The third-order valence-corrected chi connectivity index (χ3v) is 4.78. The van der Waals surface area contributed by atoms with Crippen LogP contribution in [0.15, 0.2) is 47.4 Å². The molecule has 8 heteroatoms. The fourth-order valence-electron chi connectivity index (χ4n) is 2.59. The number of hydrogen-bond acceptors (Lipinski definition) is 7. The number of amides is 1. The Morgan fingerprint density at radius 1 is 1.14 bits per heavy atom. The van der Waals surface area contributed by atoms with Gasteiger partial charge in [0.25, 0.3) is 5.91 Å². The molecule has 0 aliphatic carbocycles. The summed E-state index contributed by atoms with van der Waals surface area (Å²) in [5.74, 6) is -0.594. The zero-order valence-electron chi connectivity index (χ0n) is 15.9. The average molecular weight is 413 g/mol. The second kappa shape index (κ2) is 9.29. The highest BCUT2D eigenvalue weighted by Crippen LogP contribution is 2.37. The lowest BCUT2D eigenvalue weighted by Gasteiger charge is -2.10. The lowest BCUT2D eigenvalue weighted by Crippen LogP contribution is -2.21. The molecule has 1 amide bonds. The molecule has 0 saturated heterocycles. The number of thioether (sulfide) groups is 1. The first-order chi connectivity index (χ1) is 14.0. The minimum Gasteiger partial charge on any atom is -0.454 e. The van der Waals surface area contributed by atoms with Gasteiger partial charge < -0.3 is 19.5 Å². The molecule has 2 aromatic carbocycles. The van der Waals surface area contributed by atoms with Gasteiger partial charge >= 0.3 is 5.97 Å². The van der Waals surface area contributed by atoms with Crippen LogP contribution in [0.3, 0.4) is 0 Å². The summed E-state index contributed by atoms with van der Waals surface area (Å²) in [7, 11) is 0. The average Bonchev–Trinajstić information content (AvgIpc) is 3.17. The van der Waals surface area contributed by atoms with Crippen molar-refractivity contribution in [1.82, 2.24) is 0 Å². The van der Waals surface area contributed by atoms with Gasteiger partial charge in [0.15, 0.2) is 23.9 Å². The highest BCUT2D eigenvalue weighted by atomic mass is 32.2. The van der Waals surface area contributed by atoms with Gasteiger partial charge in [-0.3, -0.25) is 9.59 Å². The molecule has 1 heterocycles. The van der Waals surface area contributed by atoms with E-state index in [0.717, 1.165) is 10.5 Å². The Morgan fingerprint density at radius 3 is 2.48 bits per heavy atom. The molecular weight excluding hydrogens is 394 g/mol. The van der Waals surface area contributed by atoms with Crippen LogP contribution in [0, 0.1) is 0 Å². The van der Waals surface area contributed by atoms with Gasteiger partial charge in [-0.25, -0.2) is 4.79 Å². The van der Waals surface area contributed by atoms with E-state index in [1.165, 1.54) is 25.1 Å². The van der Waals surface area contributed by atoms with E-state index >= 15 is 0 Å². The summed E-state index contributed by atoms with van der Waals surface area (Å²) in [4.78, 5) is 36.9. The molecule has 1 aliphatic rings. The van der Waals surface area contributed by atoms with Crippen molar-refractivity contribution in [1.29, 1.82) is 0 Å². The predicted octanol–water partition coefficient (Wildman–Crippen LogP) is 3.53. The largest absolute Gasteiger partial charge is 0.454 e. The van der Waals surface area contributed by atoms with Crippen molar-refractivity contribution < 1.29 is 28.6 Å². The first kappa shape index (κ1) is 20.5. The maximum Gasteiger partial charge on any atom is 0.331 e. The van der Waals surface area contributed by atoms with E-state index in [2.05, 4.69) is 5.32 Å². The van der Waals surface area contributed by atoms with Crippen molar-refractivity contribution in [3.05, 3.63) is 53.6 Å². The fourth-order valence-corrected chi connectivity index (χ4v) is 3.00. The summed E-state index contributed by atoms with van der Waals surface area (Å²) in [6, 6.07) is 10.7. The number of ether oxygens (including phenoxy) is 3. The van der Waals surface area contributed by atoms with Gasteiger partial charge in [0, 0.05) is 22.6 Å². The van der Waals surface area contributed by atoms with Crippen LogP contribution in [0.25, 0.3) is 6.08 Å². The summed E-state index contributed by atoms with van der Waals surface area (Å²) in [5.41, 5.74) is 1.39. The number of fused-ring (bicyclic) bond motifs is 1. The number of esters is 1. The van der Waals surface area contributed by atoms with Gasteiger partial charge in [0.2, 0.25) is 6.79 Å². The second-order valence-corrected chi connectivity index (χ2v) is 6.95. The molecule has 0 radical (unpaired) electrons. The van der Waals surface area contributed by atoms with Crippen molar-refractivity contribution in [3.8, 4) is 11.5 Å². The molecule has 0 bridgehead atoms. The van der Waals surface area contributed by atoms with E-state index < -0.39 is 18.5 Å². The van der Waals surface area contributed by atoms with Crippen molar-refractivity contribution in [2.45, 2.75) is 11.8 Å². The van der Waals surface area contributed by atoms with Crippen molar-refractivity contribution in [3.63, 3.8) is 0 Å². The summed E-state index contributed by atoms with van der Waals surface area (Å²) in [5, 5.41) is 2.56. The monoisotopic (exact) mass is 413 g/mol. The Kier molecular flexibility index (Phi) is 6.56. The Bertz CT molecular complexity index is 968. The highest BCUT2D eigenvalue weighted by Gasteiger charge is 2.20. The van der Waals surface area contributed by atoms with Crippen LogP contribution in [-0.4, -0.2) is 37.3 Å². The van der Waals surface area contributed by atoms with E-state index in [0.29, 0.717) is 11.5 Å². The standard InChI is InChI=1S/C21H19NO6S/c1-13(23)16-9-18-19(28-12-27-18)10-17(16)22-20(24)11-26-21(25)8-5-14-3-6-15(29-2)7-4-14/h3-10H,11-12H2,1-2H3,(H,22,24)/b8-5+. The lowest BCUT2D eigenvalue weighted by atomic mass is 10.1. The topological polar surface area (TPSA) is 90.9 Å². The number of benzene rings is 2. The summed E-state index contributed by atoms with van der Waals surface area (Å²) < 4.78 is 15.5. The molecule has 7 nitrogen and oxygen atoms in total. The van der Waals surface area contributed by atoms with Crippen molar-refractivity contribution >= 4 is 41.2 Å². The number of Topliss-reactive ketones (excluding diaryl/α,β-unsaturated/α-hetero) is 1. The molecule has 0 spiro atoms. The second-order valence-electron chi connectivity index (χ2n) is 6.07. The Hall–Kier alpha value is -3.26. The molecule has 0 saturated carbocycles. The Balaban J connectivity index is 1.56. The molecule has 0 atom stereocenters. The number of nitrogens with one attached hydrogen (secondary N) is 1. The number of ketones is 1. The third kappa shape index (κ3) is 5.39. The number of rotatable bonds is 7. The SMILES string of the molecule is CSc1ccc(/C=C/C(=O)OCC(=O)Nc2cc3c(cc2C(C)=O)OCO3)cc1. The molecule has 3 rings (SSSR count). The molecule has 29 heavy (non-hydrogen) atoms. The highest BCUT2D eigenvalue weighted by molar-refractivity contribution is 7.98. The van der Waals surface area contributed by atoms with E-state index in [-0.39, 0.29) is 23.8 Å². The number of hydrogen-bond donors (Lipinski definition) is 1.